The number of nitrogens with two attached hydrogens (primary N) is 1. The van der Waals surface area contributed by atoms with E-state index in [1.54, 1.807) is 19.1 Å². The van der Waals surface area contributed by atoms with Gasteiger partial charge in [0.15, 0.2) is 0 Å². The number of benzene rings is 2. The van der Waals surface area contributed by atoms with Crippen LogP contribution in [0.4, 0.5) is 10.1 Å². The van der Waals surface area contributed by atoms with Gasteiger partial charge in [0.05, 0.1) is 6.61 Å². The van der Waals surface area contributed by atoms with Gasteiger partial charge >= 0.3 is 0 Å². The Hall–Kier alpha value is -2.03. The standard InChI is InChI=1S/C15H16FNO/c1-11-10-14(6-7-15(11)16)18-9-8-12-2-4-13(17)5-3-12/h2-7,10H,8-9,17H2,1H3. The number of aryl methyl sites for hydroxylation is 1. The van der Waals surface area contributed by atoms with Crippen molar-refractivity contribution >= 4 is 5.69 Å². The molecule has 2 rings (SSSR count). The average molecular weight is 245 g/mol. The van der Waals surface area contributed by atoms with E-state index in [2.05, 4.69) is 0 Å². The molecule has 0 aromatic heterocycles. The molecule has 0 unspecified atom stereocenters. The number of halogens is 1. The van der Waals surface area contributed by atoms with Crippen LogP contribution in [0.5, 0.6) is 5.75 Å². The summed E-state index contributed by atoms with van der Waals surface area (Å²) in [5.74, 6) is 0.491. The second-order valence-corrected chi connectivity index (χ2v) is 4.25. The average Bonchev–Trinajstić information content (AvgIpc) is 2.36. The molecule has 2 N–H and O–H groups in total. The van der Waals surface area contributed by atoms with E-state index in [1.807, 2.05) is 24.3 Å². The molecular weight excluding hydrogens is 229 g/mol. The normalized spacial score (nSPS) is 10.3. The molecule has 0 saturated carbocycles. The Morgan fingerprint density at radius 2 is 1.83 bits per heavy atom. The van der Waals surface area contributed by atoms with Gasteiger partial charge in [0.2, 0.25) is 0 Å². The van der Waals surface area contributed by atoms with E-state index in [-0.39, 0.29) is 5.82 Å². The summed E-state index contributed by atoms with van der Waals surface area (Å²) < 4.78 is 18.6. The van der Waals surface area contributed by atoms with Crippen LogP contribution in [0.25, 0.3) is 0 Å². The minimum absolute atomic E-state index is 0.208. The molecule has 2 aromatic rings. The van der Waals surface area contributed by atoms with Crippen molar-refractivity contribution in [1.29, 1.82) is 0 Å². The van der Waals surface area contributed by atoms with Gasteiger partial charge in [-0.25, -0.2) is 4.39 Å². The van der Waals surface area contributed by atoms with Crippen molar-refractivity contribution in [1.82, 2.24) is 0 Å². The van der Waals surface area contributed by atoms with Crippen LogP contribution in [0, 0.1) is 12.7 Å². The molecule has 0 heterocycles. The van der Waals surface area contributed by atoms with Crippen LogP contribution in [0.1, 0.15) is 11.1 Å². The number of nitrogen functional groups attached to an aromatic ring is 1. The first kappa shape index (κ1) is 12.4. The van der Waals surface area contributed by atoms with Crippen LogP contribution in [0.2, 0.25) is 0 Å². The SMILES string of the molecule is Cc1cc(OCCc2ccc(N)cc2)ccc1F. The summed E-state index contributed by atoms with van der Waals surface area (Å²) in [7, 11) is 0. The van der Waals surface area contributed by atoms with Gasteiger partial charge in [-0.05, 0) is 48.4 Å². The van der Waals surface area contributed by atoms with E-state index in [9.17, 15) is 4.39 Å². The molecule has 0 saturated heterocycles. The lowest BCUT2D eigenvalue weighted by Crippen LogP contribution is -2.02. The molecule has 3 heteroatoms. The molecule has 0 fully saturated rings. The van der Waals surface area contributed by atoms with Crippen molar-refractivity contribution in [2.45, 2.75) is 13.3 Å². The van der Waals surface area contributed by atoms with Crippen molar-refractivity contribution in [3.8, 4) is 5.75 Å². The lowest BCUT2D eigenvalue weighted by atomic mass is 10.1. The molecule has 2 nitrogen and oxygen atoms in total. The van der Waals surface area contributed by atoms with Gasteiger partial charge in [-0.3, -0.25) is 0 Å². The Morgan fingerprint density at radius 1 is 1.11 bits per heavy atom. The smallest absolute Gasteiger partial charge is 0.126 e. The molecular formula is C15H16FNO. The van der Waals surface area contributed by atoms with Crippen molar-refractivity contribution in [2.24, 2.45) is 0 Å². The second-order valence-electron chi connectivity index (χ2n) is 4.25. The lowest BCUT2D eigenvalue weighted by molar-refractivity contribution is 0.321. The molecule has 0 aliphatic heterocycles. The van der Waals surface area contributed by atoms with Gasteiger partial charge in [0, 0.05) is 12.1 Å². The summed E-state index contributed by atoms with van der Waals surface area (Å²) >= 11 is 0. The van der Waals surface area contributed by atoms with Crippen LogP contribution in [0.15, 0.2) is 42.5 Å². The Labute approximate surface area is 106 Å². The quantitative estimate of drug-likeness (QED) is 0.838. The summed E-state index contributed by atoms with van der Waals surface area (Å²) in [5, 5.41) is 0. The first-order valence-corrected chi connectivity index (χ1v) is 5.88. The molecule has 94 valence electrons. The molecule has 2 aromatic carbocycles. The van der Waals surface area contributed by atoms with E-state index in [0.29, 0.717) is 17.9 Å². The van der Waals surface area contributed by atoms with E-state index < -0.39 is 0 Å². The molecule has 0 radical (unpaired) electrons. The lowest BCUT2D eigenvalue weighted by Gasteiger charge is -2.07. The minimum atomic E-state index is -0.208. The highest BCUT2D eigenvalue weighted by molar-refractivity contribution is 5.39. The highest BCUT2D eigenvalue weighted by Gasteiger charge is 2.00. The monoisotopic (exact) mass is 245 g/mol. The maximum absolute atomic E-state index is 13.1. The van der Waals surface area contributed by atoms with Gasteiger partial charge in [0.25, 0.3) is 0 Å². The van der Waals surface area contributed by atoms with Gasteiger partial charge in [0.1, 0.15) is 11.6 Å². The Kier molecular flexibility index (Phi) is 3.82. The summed E-state index contributed by atoms with van der Waals surface area (Å²) in [5.41, 5.74) is 8.14. The molecule has 0 atom stereocenters. The maximum Gasteiger partial charge on any atom is 0.126 e. The predicted octanol–water partition coefficient (Wildman–Crippen LogP) is 3.34. The summed E-state index contributed by atoms with van der Waals surface area (Å²) in [6.45, 7) is 2.29. The largest absolute Gasteiger partial charge is 0.493 e. The van der Waals surface area contributed by atoms with Gasteiger partial charge in [-0.2, -0.15) is 0 Å². The zero-order valence-corrected chi connectivity index (χ0v) is 10.3. The van der Waals surface area contributed by atoms with Crippen LogP contribution in [0.3, 0.4) is 0 Å². The van der Waals surface area contributed by atoms with Gasteiger partial charge in [-0.15, -0.1) is 0 Å². The van der Waals surface area contributed by atoms with Gasteiger partial charge < -0.3 is 10.5 Å². The van der Waals surface area contributed by atoms with Crippen LogP contribution in [-0.4, -0.2) is 6.61 Å². The first-order chi connectivity index (χ1) is 8.65. The fourth-order valence-corrected chi connectivity index (χ4v) is 1.68. The summed E-state index contributed by atoms with van der Waals surface area (Å²) in [6, 6.07) is 12.5. The maximum atomic E-state index is 13.1. The Balaban J connectivity index is 1.88. The first-order valence-electron chi connectivity index (χ1n) is 5.88. The zero-order valence-electron chi connectivity index (χ0n) is 10.3. The number of rotatable bonds is 4. The number of hydrogen-bond donors (Lipinski definition) is 1. The fraction of sp³-hybridized carbons (Fsp3) is 0.200. The number of anilines is 1. The van der Waals surface area contributed by atoms with Crippen molar-refractivity contribution < 1.29 is 9.13 Å². The van der Waals surface area contributed by atoms with Gasteiger partial charge in [-0.1, -0.05) is 12.1 Å². The van der Waals surface area contributed by atoms with Crippen LogP contribution >= 0.6 is 0 Å². The zero-order chi connectivity index (χ0) is 13.0. The highest BCUT2D eigenvalue weighted by atomic mass is 19.1. The summed E-state index contributed by atoms with van der Waals surface area (Å²) in [4.78, 5) is 0. The molecule has 0 bridgehead atoms. The topological polar surface area (TPSA) is 35.2 Å². The minimum Gasteiger partial charge on any atom is -0.493 e. The summed E-state index contributed by atoms with van der Waals surface area (Å²) in [6.07, 6.45) is 0.802. The molecule has 0 aliphatic carbocycles. The highest BCUT2D eigenvalue weighted by Crippen LogP contribution is 2.16. The van der Waals surface area contributed by atoms with E-state index in [4.69, 9.17) is 10.5 Å². The second kappa shape index (κ2) is 5.54. The van der Waals surface area contributed by atoms with Crippen molar-refractivity contribution in [2.75, 3.05) is 12.3 Å². The van der Waals surface area contributed by atoms with E-state index >= 15 is 0 Å². The third-order valence-corrected chi connectivity index (χ3v) is 2.77. The Morgan fingerprint density at radius 3 is 2.50 bits per heavy atom. The fourth-order valence-electron chi connectivity index (χ4n) is 1.68. The van der Waals surface area contributed by atoms with E-state index in [0.717, 1.165) is 12.1 Å². The van der Waals surface area contributed by atoms with E-state index in [1.165, 1.54) is 11.6 Å². The number of hydrogen-bond acceptors (Lipinski definition) is 2. The molecule has 0 aliphatic rings. The molecule has 0 amide bonds. The predicted molar refractivity (Wildman–Crippen MR) is 71.2 cm³/mol. The van der Waals surface area contributed by atoms with Crippen molar-refractivity contribution in [3.05, 3.63) is 59.4 Å². The number of ether oxygens (including phenoxy) is 1. The Bertz CT molecular complexity index is 523. The van der Waals surface area contributed by atoms with Crippen LogP contribution in [-0.2, 0) is 6.42 Å². The third-order valence-electron chi connectivity index (χ3n) is 2.77. The van der Waals surface area contributed by atoms with Crippen molar-refractivity contribution in [3.63, 3.8) is 0 Å². The third kappa shape index (κ3) is 3.23. The van der Waals surface area contributed by atoms with Crippen LogP contribution < -0.4 is 10.5 Å². The molecule has 18 heavy (non-hydrogen) atoms. The molecule has 0 spiro atoms.